The number of aromatic carboxylic acids is 1. The molecule has 3 aliphatic rings. The van der Waals surface area contributed by atoms with E-state index < -0.39 is 17.2 Å². The van der Waals surface area contributed by atoms with Gasteiger partial charge >= 0.3 is 5.97 Å². The minimum Gasteiger partial charge on any atom is -0.491 e. The monoisotopic (exact) mass is 437 g/mol. The van der Waals surface area contributed by atoms with Crippen LogP contribution in [0.25, 0.3) is 10.9 Å². The first-order valence-electron chi connectivity index (χ1n) is 10.2. The number of anilines is 1. The first-order chi connectivity index (χ1) is 14.0. The fourth-order valence-corrected chi connectivity index (χ4v) is 4.90. The summed E-state index contributed by atoms with van der Waals surface area (Å²) in [4.78, 5) is 26.6. The molecular weight excluding hydrogens is 413 g/mol. The Bertz CT molecular complexity index is 1050. The molecule has 9 heteroatoms. The summed E-state index contributed by atoms with van der Waals surface area (Å²) >= 11 is 0. The number of carboxylic acids is 1. The second-order valence-corrected chi connectivity index (χ2v) is 8.32. The Kier molecular flexibility index (Phi) is 5.40. The van der Waals surface area contributed by atoms with Gasteiger partial charge in [-0.3, -0.25) is 4.79 Å². The normalized spacial score (nSPS) is 23.2. The van der Waals surface area contributed by atoms with Crippen LogP contribution in [0.5, 0.6) is 5.75 Å². The number of rotatable bonds is 4. The Labute approximate surface area is 179 Å². The maximum Gasteiger partial charge on any atom is 0.341 e. The summed E-state index contributed by atoms with van der Waals surface area (Å²) in [6, 6.07) is 1.89. The number of carboxylic acid groups (broad SMARTS) is 1. The molecule has 30 heavy (non-hydrogen) atoms. The predicted octanol–water partition coefficient (Wildman–Crippen LogP) is 2.79. The van der Waals surface area contributed by atoms with Gasteiger partial charge in [-0.2, -0.15) is 0 Å². The molecule has 2 N–H and O–H groups in total. The molecule has 0 bridgehead atoms. The van der Waals surface area contributed by atoms with Crippen LogP contribution < -0.4 is 20.4 Å². The lowest BCUT2D eigenvalue weighted by Crippen LogP contribution is -2.40. The molecule has 0 spiro atoms. The van der Waals surface area contributed by atoms with E-state index in [0.717, 1.165) is 32.2 Å². The van der Waals surface area contributed by atoms with Crippen LogP contribution in [0.3, 0.4) is 0 Å². The Balaban J connectivity index is 0.00000218. The van der Waals surface area contributed by atoms with Gasteiger partial charge in [0.2, 0.25) is 5.43 Å². The van der Waals surface area contributed by atoms with Crippen molar-refractivity contribution in [2.45, 2.75) is 37.8 Å². The highest BCUT2D eigenvalue weighted by atomic mass is 35.5. The van der Waals surface area contributed by atoms with Gasteiger partial charge in [0.15, 0.2) is 11.6 Å². The molecule has 3 fully saturated rings. The molecule has 0 unspecified atom stereocenters. The van der Waals surface area contributed by atoms with Crippen LogP contribution in [0.2, 0.25) is 0 Å². The van der Waals surface area contributed by atoms with Gasteiger partial charge in [-0.05, 0) is 44.2 Å². The maximum atomic E-state index is 15.6. The van der Waals surface area contributed by atoms with Gasteiger partial charge in [0.25, 0.3) is 0 Å². The number of ether oxygens (including phenoxy) is 1. The SMILES string of the molecule is COc1c(F)c(N2C[C@@H]3CCCN[C@@H]3C2)cc2c(=O)c(C(=O)O)cn(C3CC3)c12.Cl. The van der Waals surface area contributed by atoms with Crippen LogP contribution in [0.1, 0.15) is 42.1 Å². The number of methoxy groups -OCH3 is 1. The molecule has 162 valence electrons. The second-order valence-electron chi connectivity index (χ2n) is 8.32. The zero-order valence-corrected chi connectivity index (χ0v) is 17.5. The molecule has 7 nitrogen and oxygen atoms in total. The first kappa shape index (κ1) is 20.9. The van der Waals surface area contributed by atoms with Crippen molar-refractivity contribution in [2.24, 2.45) is 5.92 Å². The highest BCUT2D eigenvalue weighted by Crippen LogP contribution is 2.43. The smallest absolute Gasteiger partial charge is 0.341 e. The summed E-state index contributed by atoms with van der Waals surface area (Å²) in [6.45, 7) is 2.33. The average Bonchev–Trinajstić information content (AvgIpc) is 3.45. The van der Waals surface area contributed by atoms with E-state index in [4.69, 9.17) is 4.74 Å². The van der Waals surface area contributed by atoms with Crippen LogP contribution in [-0.4, -0.2) is 48.4 Å². The Hall–Kier alpha value is -2.32. The lowest BCUT2D eigenvalue weighted by atomic mass is 9.94. The van der Waals surface area contributed by atoms with Gasteiger partial charge in [0.1, 0.15) is 5.56 Å². The van der Waals surface area contributed by atoms with Gasteiger partial charge in [0, 0.05) is 31.4 Å². The topological polar surface area (TPSA) is 83.8 Å². The largest absolute Gasteiger partial charge is 0.491 e. The molecule has 2 aliphatic heterocycles. The minimum atomic E-state index is -1.27. The summed E-state index contributed by atoms with van der Waals surface area (Å²) < 4.78 is 22.7. The van der Waals surface area contributed by atoms with E-state index in [2.05, 4.69) is 5.32 Å². The van der Waals surface area contributed by atoms with Gasteiger partial charge in [0.05, 0.1) is 23.7 Å². The number of aromatic nitrogens is 1. The van der Waals surface area contributed by atoms with E-state index in [9.17, 15) is 14.7 Å². The van der Waals surface area contributed by atoms with Crippen molar-refractivity contribution in [3.63, 3.8) is 0 Å². The number of nitrogens with zero attached hydrogens (tertiary/aromatic N) is 2. The quantitative estimate of drug-likeness (QED) is 0.765. The number of hydrogen-bond donors (Lipinski definition) is 2. The fraction of sp³-hybridized carbons (Fsp3) is 0.524. The summed E-state index contributed by atoms with van der Waals surface area (Å²) in [5.41, 5.74) is -0.229. The van der Waals surface area contributed by atoms with Crippen molar-refractivity contribution in [1.29, 1.82) is 0 Å². The van der Waals surface area contributed by atoms with E-state index in [1.54, 1.807) is 4.57 Å². The molecule has 2 atom stereocenters. The third-order valence-corrected chi connectivity index (χ3v) is 6.51. The Morgan fingerprint density at radius 2 is 2.07 bits per heavy atom. The Morgan fingerprint density at radius 1 is 1.30 bits per heavy atom. The molecule has 1 aromatic heterocycles. The molecule has 3 heterocycles. The van der Waals surface area contributed by atoms with E-state index >= 15 is 4.39 Å². The van der Waals surface area contributed by atoms with E-state index in [1.807, 2.05) is 4.90 Å². The summed E-state index contributed by atoms with van der Waals surface area (Å²) in [6.07, 6.45) is 5.26. The lowest BCUT2D eigenvalue weighted by molar-refractivity contribution is 0.0695. The van der Waals surface area contributed by atoms with Gasteiger partial charge in [-0.1, -0.05) is 0 Å². The molecule has 2 aromatic rings. The van der Waals surface area contributed by atoms with Crippen molar-refractivity contribution in [2.75, 3.05) is 31.6 Å². The number of nitrogens with one attached hydrogen (secondary N) is 1. The minimum absolute atomic E-state index is 0. The molecule has 1 aromatic carbocycles. The van der Waals surface area contributed by atoms with Crippen LogP contribution in [0.15, 0.2) is 17.1 Å². The van der Waals surface area contributed by atoms with Crippen molar-refractivity contribution >= 4 is 35.0 Å². The molecule has 1 aliphatic carbocycles. The van der Waals surface area contributed by atoms with Crippen molar-refractivity contribution < 1.29 is 19.0 Å². The number of hydrogen-bond acceptors (Lipinski definition) is 5. The fourth-order valence-electron chi connectivity index (χ4n) is 4.90. The zero-order chi connectivity index (χ0) is 20.3. The number of piperidine rings is 1. The second kappa shape index (κ2) is 7.74. The third-order valence-electron chi connectivity index (χ3n) is 6.51. The Morgan fingerprint density at radius 3 is 2.70 bits per heavy atom. The van der Waals surface area contributed by atoms with Crippen LogP contribution in [0, 0.1) is 11.7 Å². The van der Waals surface area contributed by atoms with Crippen LogP contribution in [0.4, 0.5) is 10.1 Å². The number of benzene rings is 1. The highest BCUT2D eigenvalue weighted by molar-refractivity contribution is 5.96. The molecular formula is C21H25ClFN3O4. The van der Waals surface area contributed by atoms with E-state index in [1.165, 1.54) is 19.4 Å². The molecule has 2 saturated heterocycles. The number of pyridine rings is 1. The standard InChI is InChI=1S/C21H24FN3O4.ClH/c1-29-20-17(22)16(24-8-11-3-2-6-23-15(11)10-24)7-13-18(20)25(12-4-5-12)9-14(19(13)26)21(27)28;/h7,9,11-12,15,23H,2-6,8,10H2,1H3,(H,27,28);1H/t11-,15+;/m0./s1. The number of halogens is 2. The van der Waals surface area contributed by atoms with Gasteiger partial charge in [-0.25, -0.2) is 9.18 Å². The van der Waals surface area contributed by atoms with Crippen LogP contribution >= 0.6 is 12.4 Å². The van der Waals surface area contributed by atoms with Crippen molar-refractivity contribution in [1.82, 2.24) is 9.88 Å². The summed E-state index contributed by atoms with van der Waals surface area (Å²) in [5, 5.41) is 13.2. The molecule has 5 rings (SSSR count). The van der Waals surface area contributed by atoms with Crippen molar-refractivity contribution in [3.05, 3.63) is 33.9 Å². The maximum absolute atomic E-state index is 15.6. The van der Waals surface area contributed by atoms with E-state index in [-0.39, 0.29) is 35.1 Å². The number of carbonyl (C=O) groups is 1. The third kappa shape index (κ3) is 3.22. The number of fused-ring (bicyclic) bond motifs is 2. The van der Waals surface area contributed by atoms with Gasteiger partial charge < -0.3 is 24.6 Å². The van der Waals surface area contributed by atoms with Crippen LogP contribution in [-0.2, 0) is 0 Å². The molecule has 0 amide bonds. The predicted molar refractivity (Wildman–Crippen MR) is 114 cm³/mol. The van der Waals surface area contributed by atoms with Crippen molar-refractivity contribution in [3.8, 4) is 5.75 Å². The molecule has 0 radical (unpaired) electrons. The first-order valence-corrected chi connectivity index (χ1v) is 10.2. The summed E-state index contributed by atoms with van der Waals surface area (Å²) in [7, 11) is 1.39. The lowest BCUT2D eigenvalue weighted by Gasteiger charge is -2.24. The highest BCUT2D eigenvalue weighted by Gasteiger charge is 2.37. The summed E-state index contributed by atoms with van der Waals surface area (Å²) in [5.74, 6) is -1.30. The molecule has 1 saturated carbocycles. The van der Waals surface area contributed by atoms with E-state index in [0.29, 0.717) is 36.3 Å². The zero-order valence-electron chi connectivity index (χ0n) is 16.7. The average molecular weight is 438 g/mol. The van der Waals surface area contributed by atoms with Gasteiger partial charge in [-0.15, -0.1) is 12.4 Å².